The van der Waals surface area contributed by atoms with Gasteiger partial charge in [0, 0.05) is 13.1 Å². The van der Waals surface area contributed by atoms with E-state index in [1.807, 2.05) is 6.07 Å². The molecule has 0 fully saturated rings. The number of nitrogen functional groups attached to an aromatic ring is 1. The van der Waals surface area contributed by atoms with E-state index in [-0.39, 0.29) is 6.61 Å². The van der Waals surface area contributed by atoms with Gasteiger partial charge in [-0.15, -0.1) is 0 Å². The summed E-state index contributed by atoms with van der Waals surface area (Å²) in [6.07, 6.45) is 2.78. The molecule has 0 aliphatic carbocycles. The molecule has 0 amide bonds. The first-order valence-corrected chi connectivity index (χ1v) is 4.85. The second-order valence-corrected chi connectivity index (χ2v) is 3.15. The second-order valence-electron chi connectivity index (χ2n) is 3.15. The maximum absolute atomic E-state index is 8.89. The van der Waals surface area contributed by atoms with Gasteiger partial charge >= 0.3 is 0 Å². The van der Waals surface area contributed by atoms with Gasteiger partial charge in [0.1, 0.15) is 5.82 Å². The van der Waals surface area contributed by atoms with Crippen molar-refractivity contribution in [2.24, 2.45) is 0 Å². The molecule has 0 spiro atoms. The Labute approximate surface area is 84.4 Å². The molecule has 0 aliphatic heterocycles. The lowest BCUT2D eigenvalue weighted by molar-refractivity contribution is 0.302. The molecular formula is C10H17N3O. The third-order valence-electron chi connectivity index (χ3n) is 2.00. The zero-order valence-electron chi connectivity index (χ0n) is 8.48. The minimum absolute atomic E-state index is 0.157. The molecule has 0 atom stereocenters. The van der Waals surface area contributed by atoms with E-state index in [1.165, 1.54) is 0 Å². The van der Waals surface area contributed by atoms with Crippen LogP contribution in [0.2, 0.25) is 0 Å². The quantitative estimate of drug-likeness (QED) is 0.732. The summed E-state index contributed by atoms with van der Waals surface area (Å²) in [5.74, 6) is 0.522. The molecule has 0 saturated heterocycles. The molecule has 4 nitrogen and oxygen atoms in total. The standard InChI is InChI=1S/C10H17N3O/c1-2-5-13(6-7-14)9-3-4-10(11)12-8-9/h3-4,8,14H,2,5-7H2,1H3,(H2,11,12). The van der Waals surface area contributed by atoms with Gasteiger partial charge in [0.05, 0.1) is 18.5 Å². The van der Waals surface area contributed by atoms with Crippen LogP contribution in [-0.4, -0.2) is 29.8 Å². The van der Waals surface area contributed by atoms with E-state index in [9.17, 15) is 0 Å². The smallest absolute Gasteiger partial charge is 0.123 e. The molecule has 0 radical (unpaired) electrons. The van der Waals surface area contributed by atoms with E-state index in [0.717, 1.165) is 18.7 Å². The van der Waals surface area contributed by atoms with E-state index in [2.05, 4.69) is 16.8 Å². The number of pyridine rings is 1. The number of nitrogens with zero attached hydrogens (tertiary/aromatic N) is 2. The van der Waals surface area contributed by atoms with Crippen molar-refractivity contribution in [2.75, 3.05) is 30.3 Å². The summed E-state index contributed by atoms with van der Waals surface area (Å²) in [7, 11) is 0. The van der Waals surface area contributed by atoms with Crippen molar-refractivity contribution >= 4 is 11.5 Å². The maximum atomic E-state index is 8.89. The Morgan fingerprint density at radius 3 is 2.71 bits per heavy atom. The first-order valence-electron chi connectivity index (χ1n) is 4.85. The number of hydrogen-bond donors (Lipinski definition) is 2. The number of aliphatic hydroxyl groups is 1. The fourth-order valence-electron chi connectivity index (χ4n) is 1.35. The minimum atomic E-state index is 0.157. The van der Waals surface area contributed by atoms with Crippen molar-refractivity contribution in [2.45, 2.75) is 13.3 Å². The molecule has 0 aliphatic rings. The van der Waals surface area contributed by atoms with E-state index in [0.29, 0.717) is 12.4 Å². The molecule has 0 saturated carbocycles. The van der Waals surface area contributed by atoms with Crippen molar-refractivity contribution in [1.29, 1.82) is 0 Å². The molecule has 0 bridgehead atoms. The van der Waals surface area contributed by atoms with Gasteiger partial charge < -0.3 is 15.7 Å². The average molecular weight is 195 g/mol. The minimum Gasteiger partial charge on any atom is -0.395 e. The molecule has 4 heteroatoms. The Balaban J connectivity index is 2.71. The lowest BCUT2D eigenvalue weighted by Gasteiger charge is -2.22. The van der Waals surface area contributed by atoms with Crippen LogP contribution in [0.25, 0.3) is 0 Å². The van der Waals surface area contributed by atoms with E-state index in [4.69, 9.17) is 10.8 Å². The largest absolute Gasteiger partial charge is 0.395 e. The predicted molar refractivity (Wildman–Crippen MR) is 58.2 cm³/mol. The monoisotopic (exact) mass is 195 g/mol. The Morgan fingerprint density at radius 2 is 2.21 bits per heavy atom. The molecule has 0 unspecified atom stereocenters. The number of nitrogens with two attached hydrogens (primary N) is 1. The van der Waals surface area contributed by atoms with Crippen LogP contribution in [0.3, 0.4) is 0 Å². The fraction of sp³-hybridized carbons (Fsp3) is 0.500. The topological polar surface area (TPSA) is 62.4 Å². The van der Waals surface area contributed by atoms with Crippen LogP contribution in [0.4, 0.5) is 11.5 Å². The van der Waals surface area contributed by atoms with Gasteiger partial charge in [-0.3, -0.25) is 0 Å². The highest BCUT2D eigenvalue weighted by atomic mass is 16.3. The van der Waals surface area contributed by atoms with E-state index in [1.54, 1.807) is 12.3 Å². The van der Waals surface area contributed by atoms with Crippen molar-refractivity contribution in [3.63, 3.8) is 0 Å². The summed E-state index contributed by atoms with van der Waals surface area (Å²) in [6.45, 7) is 3.82. The van der Waals surface area contributed by atoms with Gasteiger partial charge in [0.25, 0.3) is 0 Å². The van der Waals surface area contributed by atoms with Crippen molar-refractivity contribution in [3.8, 4) is 0 Å². The fourth-order valence-corrected chi connectivity index (χ4v) is 1.35. The van der Waals surface area contributed by atoms with Crippen molar-refractivity contribution < 1.29 is 5.11 Å². The van der Waals surface area contributed by atoms with Crippen LogP contribution >= 0.6 is 0 Å². The first kappa shape index (κ1) is 10.8. The van der Waals surface area contributed by atoms with E-state index >= 15 is 0 Å². The average Bonchev–Trinajstić information content (AvgIpc) is 2.19. The zero-order chi connectivity index (χ0) is 10.4. The summed E-state index contributed by atoms with van der Waals surface area (Å²) in [5.41, 5.74) is 6.51. The summed E-state index contributed by atoms with van der Waals surface area (Å²) in [6, 6.07) is 3.70. The number of hydrogen-bond acceptors (Lipinski definition) is 4. The molecule has 14 heavy (non-hydrogen) atoms. The van der Waals surface area contributed by atoms with Crippen LogP contribution in [0.5, 0.6) is 0 Å². The van der Waals surface area contributed by atoms with E-state index < -0.39 is 0 Å². The Hall–Kier alpha value is -1.29. The Bertz CT molecular complexity index is 255. The van der Waals surface area contributed by atoms with Gasteiger partial charge in [0.2, 0.25) is 0 Å². The number of aliphatic hydroxyl groups excluding tert-OH is 1. The highest BCUT2D eigenvalue weighted by molar-refractivity contribution is 5.47. The van der Waals surface area contributed by atoms with Gasteiger partial charge in [-0.25, -0.2) is 4.98 Å². The molecule has 0 aromatic carbocycles. The number of aromatic nitrogens is 1. The number of anilines is 2. The lowest BCUT2D eigenvalue weighted by atomic mass is 10.3. The predicted octanol–water partition coefficient (Wildman–Crippen LogP) is 0.873. The molecule has 1 rings (SSSR count). The lowest BCUT2D eigenvalue weighted by Crippen LogP contribution is -2.27. The molecule has 3 N–H and O–H groups in total. The summed E-state index contributed by atoms with van der Waals surface area (Å²) in [5, 5.41) is 8.89. The van der Waals surface area contributed by atoms with Crippen LogP contribution in [0, 0.1) is 0 Å². The zero-order valence-corrected chi connectivity index (χ0v) is 8.48. The maximum Gasteiger partial charge on any atom is 0.123 e. The second kappa shape index (κ2) is 5.44. The van der Waals surface area contributed by atoms with Crippen LogP contribution < -0.4 is 10.6 Å². The van der Waals surface area contributed by atoms with Crippen molar-refractivity contribution in [3.05, 3.63) is 18.3 Å². The van der Waals surface area contributed by atoms with Gasteiger partial charge in [-0.05, 0) is 18.6 Å². The molecule has 1 aromatic heterocycles. The van der Waals surface area contributed by atoms with Gasteiger partial charge in [-0.2, -0.15) is 0 Å². The summed E-state index contributed by atoms with van der Waals surface area (Å²) < 4.78 is 0. The van der Waals surface area contributed by atoms with Gasteiger partial charge in [0.15, 0.2) is 0 Å². The van der Waals surface area contributed by atoms with Crippen molar-refractivity contribution in [1.82, 2.24) is 4.98 Å². The normalized spacial score (nSPS) is 10.1. The summed E-state index contributed by atoms with van der Waals surface area (Å²) >= 11 is 0. The van der Waals surface area contributed by atoms with Crippen LogP contribution in [0.1, 0.15) is 13.3 Å². The number of rotatable bonds is 5. The molecule has 1 heterocycles. The summed E-state index contributed by atoms with van der Waals surface area (Å²) in [4.78, 5) is 6.11. The molecule has 1 aromatic rings. The first-order chi connectivity index (χ1) is 6.77. The highest BCUT2D eigenvalue weighted by Crippen LogP contribution is 2.13. The SMILES string of the molecule is CCCN(CCO)c1ccc(N)nc1. The third kappa shape index (κ3) is 2.88. The van der Waals surface area contributed by atoms with Crippen LogP contribution in [-0.2, 0) is 0 Å². The Morgan fingerprint density at radius 1 is 1.43 bits per heavy atom. The van der Waals surface area contributed by atoms with Crippen LogP contribution in [0.15, 0.2) is 18.3 Å². The Kier molecular flexibility index (Phi) is 4.19. The van der Waals surface area contributed by atoms with Gasteiger partial charge in [-0.1, -0.05) is 6.92 Å². The molecule has 78 valence electrons. The third-order valence-corrected chi connectivity index (χ3v) is 2.00. The highest BCUT2D eigenvalue weighted by Gasteiger charge is 2.04. The molecular weight excluding hydrogens is 178 g/mol.